The number of hydrogen-bond acceptors (Lipinski definition) is 3. The first-order valence-corrected chi connectivity index (χ1v) is 8.49. The van der Waals surface area contributed by atoms with E-state index in [1.807, 2.05) is 13.8 Å². The van der Waals surface area contributed by atoms with Gasteiger partial charge in [-0.2, -0.15) is 0 Å². The van der Waals surface area contributed by atoms with E-state index in [1.165, 1.54) is 0 Å². The molecule has 6 heteroatoms. The predicted octanol–water partition coefficient (Wildman–Crippen LogP) is 2.89. The van der Waals surface area contributed by atoms with Crippen molar-refractivity contribution in [3.05, 3.63) is 28.8 Å². The molecule has 0 radical (unpaired) electrons. The van der Waals surface area contributed by atoms with E-state index in [4.69, 9.17) is 17.3 Å². The molecular weight excluding hydrogens is 314 g/mol. The molecule has 0 heterocycles. The SMILES string of the molecule is CCN(CC)C(=O)c1ccc(NC(=O)C2CCC(N)C2)cc1Cl. The van der Waals surface area contributed by atoms with E-state index >= 15 is 0 Å². The molecule has 1 aromatic carbocycles. The van der Waals surface area contributed by atoms with Crippen LogP contribution < -0.4 is 11.1 Å². The van der Waals surface area contributed by atoms with Gasteiger partial charge in [-0.3, -0.25) is 9.59 Å². The molecule has 2 amide bonds. The number of anilines is 1. The van der Waals surface area contributed by atoms with Gasteiger partial charge in [0.25, 0.3) is 5.91 Å². The van der Waals surface area contributed by atoms with Crippen LogP contribution in [0.1, 0.15) is 43.5 Å². The maximum Gasteiger partial charge on any atom is 0.255 e. The van der Waals surface area contributed by atoms with Crippen LogP contribution >= 0.6 is 11.6 Å². The molecule has 0 aliphatic heterocycles. The molecule has 1 saturated carbocycles. The van der Waals surface area contributed by atoms with Crippen molar-refractivity contribution in [3.8, 4) is 0 Å². The van der Waals surface area contributed by atoms with E-state index in [1.54, 1.807) is 23.1 Å². The Morgan fingerprint density at radius 2 is 2.00 bits per heavy atom. The largest absolute Gasteiger partial charge is 0.339 e. The molecule has 1 aliphatic carbocycles. The normalized spacial score (nSPS) is 20.3. The van der Waals surface area contributed by atoms with E-state index in [0.29, 0.717) is 29.4 Å². The van der Waals surface area contributed by atoms with Gasteiger partial charge in [-0.25, -0.2) is 0 Å². The van der Waals surface area contributed by atoms with Crippen molar-refractivity contribution >= 4 is 29.1 Å². The molecule has 126 valence electrons. The van der Waals surface area contributed by atoms with E-state index in [0.717, 1.165) is 19.3 Å². The molecule has 1 aliphatic rings. The number of nitrogens with one attached hydrogen (secondary N) is 1. The minimum absolute atomic E-state index is 0.0307. The van der Waals surface area contributed by atoms with Crippen molar-refractivity contribution in [3.63, 3.8) is 0 Å². The Kier molecular flexibility index (Phi) is 6.02. The summed E-state index contributed by atoms with van der Waals surface area (Å²) in [4.78, 5) is 26.3. The number of carbonyl (C=O) groups excluding carboxylic acids is 2. The second-order valence-corrected chi connectivity index (χ2v) is 6.34. The van der Waals surface area contributed by atoms with Crippen molar-refractivity contribution < 1.29 is 9.59 Å². The van der Waals surface area contributed by atoms with E-state index in [9.17, 15) is 9.59 Å². The lowest BCUT2D eigenvalue weighted by atomic mass is 10.1. The van der Waals surface area contributed by atoms with Crippen molar-refractivity contribution in [1.29, 1.82) is 0 Å². The van der Waals surface area contributed by atoms with Gasteiger partial charge in [-0.15, -0.1) is 0 Å². The predicted molar refractivity (Wildman–Crippen MR) is 92.6 cm³/mol. The molecule has 0 bridgehead atoms. The second-order valence-electron chi connectivity index (χ2n) is 5.93. The molecule has 2 atom stereocenters. The van der Waals surface area contributed by atoms with Crippen LogP contribution in [0, 0.1) is 5.92 Å². The highest BCUT2D eigenvalue weighted by Gasteiger charge is 2.28. The van der Waals surface area contributed by atoms with Crippen LogP contribution in [0.4, 0.5) is 5.69 Å². The number of benzene rings is 1. The van der Waals surface area contributed by atoms with E-state index in [2.05, 4.69) is 5.32 Å². The van der Waals surface area contributed by atoms with Crippen LogP contribution in [0.2, 0.25) is 5.02 Å². The van der Waals surface area contributed by atoms with Gasteiger partial charge >= 0.3 is 0 Å². The summed E-state index contributed by atoms with van der Waals surface area (Å²) in [6.45, 7) is 5.12. The van der Waals surface area contributed by atoms with Crippen LogP contribution in [0.25, 0.3) is 0 Å². The fourth-order valence-electron chi connectivity index (χ4n) is 2.95. The molecule has 1 fully saturated rings. The number of nitrogens with zero attached hydrogens (tertiary/aromatic N) is 1. The lowest BCUT2D eigenvalue weighted by Gasteiger charge is -2.19. The average Bonchev–Trinajstić information content (AvgIpc) is 2.95. The number of rotatable bonds is 5. The van der Waals surface area contributed by atoms with E-state index in [-0.39, 0.29) is 23.8 Å². The van der Waals surface area contributed by atoms with Gasteiger partial charge in [-0.05, 0) is 51.3 Å². The minimum atomic E-state index is -0.0976. The standard InChI is InChI=1S/C17H24ClN3O2/c1-3-21(4-2)17(23)14-8-7-13(10-15(14)18)20-16(22)11-5-6-12(19)9-11/h7-8,10-12H,3-6,9,19H2,1-2H3,(H,20,22). The maximum atomic E-state index is 12.3. The first-order valence-electron chi connectivity index (χ1n) is 8.11. The molecule has 0 saturated heterocycles. The monoisotopic (exact) mass is 337 g/mol. The lowest BCUT2D eigenvalue weighted by molar-refractivity contribution is -0.119. The summed E-state index contributed by atoms with van der Waals surface area (Å²) in [7, 11) is 0. The summed E-state index contributed by atoms with van der Waals surface area (Å²) in [6.07, 6.45) is 2.42. The Bertz CT molecular complexity index is 587. The summed E-state index contributed by atoms with van der Waals surface area (Å²) in [5, 5.41) is 3.21. The summed E-state index contributed by atoms with van der Waals surface area (Å²) < 4.78 is 0. The molecule has 5 nitrogen and oxygen atoms in total. The third-order valence-corrected chi connectivity index (χ3v) is 4.67. The summed E-state index contributed by atoms with van der Waals surface area (Å²) in [6, 6.07) is 5.13. The molecule has 0 aromatic heterocycles. The van der Waals surface area contributed by atoms with Crippen molar-refractivity contribution in [2.75, 3.05) is 18.4 Å². The van der Waals surface area contributed by atoms with Gasteiger partial charge in [0.1, 0.15) is 0 Å². The fraction of sp³-hybridized carbons (Fsp3) is 0.529. The number of hydrogen-bond donors (Lipinski definition) is 2. The zero-order valence-electron chi connectivity index (χ0n) is 13.6. The second kappa shape index (κ2) is 7.79. The third kappa shape index (κ3) is 4.24. The van der Waals surface area contributed by atoms with Gasteiger partial charge in [0, 0.05) is 30.7 Å². The molecule has 0 spiro atoms. The molecule has 3 N–H and O–H groups in total. The van der Waals surface area contributed by atoms with Gasteiger partial charge < -0.3 is 16.0 Å². The summed E-state index contributed by atoms with van der Waals surface area (Å²) in [5.41, 5.74) is 6.91. The Balaban J connectivity index is 2.07. The summed E-state index contributed by atoms with van der Waals surface area (Å²) in [5.74, 6) is -0.169. The topological polar surface area (TPSA) is 75.4 Å². The van der Waals surface area contributed by atoms with Crippen LogP contribution in [0.15, 0.2) is 18.2 Å². The average molecular weight is 338 g/mol. The molecular formula is C17H24ClN3O2. The highest BCUT2D eigenvalue weighted by molar-refractivity contribution is 6.34. The third-order valence-electron chi connectivity index (χ3n) is 4.36. The van der Waals surface area contributed by atoms with Crippen molar-refractivity contribution in [2.45, 2.75) is 39.2 Å². The zero-order chi connectivity index (χ0) is 17.0. The maximum absolute atomic E-state index is 12.3. The van der Waals surface area contributed by atoms with Crippen LogP contribution in [0.3, 0.4) is 0 Å². The Morgan fingerprint density at radius 3 is 2.52 bits per heavy atom. The van der Waals surface area contributed by atoms with Gasteiger partial charge in [-0.1, -0.05) is 11.6 Å². The fourth-order valence-corrected chi connectivity index (χ4v) is 3.21. The molecule has 2 rings (SSSR count). The number of amides is 2. The first-order chi connectivity index (χ1) is 11.0. The lowest BCUT2D eigenvalue weighted by Crippen LogP contribution is -2.30. The Hall–Kier alpha value is -1.59. The van der Waals surface area contributed by atoms with Gasteiger partial charge in [0.15, 0.2) is 0 Å². The minimum Gasteiger partial charge on any atom is -0.339 e. The zero-order valence-corrected chi connectivity index (χ0v) is 14.4. The number of nitrogens with two attached hydrogens (primary N) is 1. The number of halogens is 1. The van der Waals surface area contributed by atoms with Crippen LogP contribution in [-0.4, -0.2) is 35.8 Å². The molecule has 1 aromatic rings. The number of carbonyl (C=O) groups is 2. The van der Waals surface area contributed by atoms with Crippen LogP contribution in [-0.2, 0) is 4.79 Å². The van der Waals surface area contributed by atoms with E-state index < -0.39 is 0 Å². The molecule has 23 heavy (non-hydrogen) atoms. The van der Waals surface area contributed by atoms with Crippen molar-refractivity contribution in [1.82, 2.24) is 4.90 Å². The highest BCUT2D eigenvalue weighted by atomic mass is 35.5. The van der Waals surface area contributed by atoms with Crippen LogP contribution in [0.5, 0.6) is 0 Å². The Morgan fingerprint density at radius 1 is 1.30 bits per heavy atom. The van der Waals surface area contributed by atoms with Crippen molar-refractivity contribution in [2.24, 2.45) is 11.7 Å². The van der Waals surface area contributed by atoms with Gasteiger partial charge in [0.2, 0.25) is 5.91 Å². The highest BCUT2D eigenvalue weighted by Crippen LogP contribution is 2.27. The Labute approximate surface area is 142 Å². The summed E-state index contributed by atoms with van der Waals surface area (Å²) >= 11 is 6.23. The van der Waals surface area contributed by atoms with Gasteiger partial charge in [0.05, 0.1) is 10.6 Å². The quantitative estimate of drug-likeness (QED) is 0.867. The first kappa shape index (κ1) is 17.8. The molecule has 2 unspecified atom stereocenters. The smallest absolute Gasteiger partial charge is 0.255 e.